The molecule has 2 aromatic carbocycles. The molecule has 0 spiro atoms. The second kappa shape index (κ2) is 14.4. The molecule has 1 fully saturated rings. The van der Waals surface area contributed by atoms with Gasteiger partial charge in [-0.05, 0) is 64.2 Å². The van der Waals surface area contributed by atoms with E-state index in [9.17, 15) is 22.8 Å². The minimum atomic E-state index is -3.84. The summed E-state index contributed by atoms with van der Waals surface area (Å²) in [7, 11) is -0.0828. The molecule has 0 bridgehead atoms. The zero-order valence-electron chi connectivity index (χ0n) is 24.4. The second-order valence-electron chi connectivity index (χ2n) is 10.5. The first kappa shape index (κ1) is 33.1. The summed E-state index contributed by atoms with van der Waals surface area (Å²) in [6, 6.07) is 10.4. The first-order valence-electron chi connectivity index (χ1n) is 13.7. The number of benzene rings is 2. The van der Waals surface area contributed by atoms with Crippen molar-refractivity contribution in [2.24, 2.45) is 0 Å². The average molecular weight is 663 g/mol. The lowest BCUT2D eigenvalue weighted by molar-refractivity contribution is -0.111. The van der Waals surface area contributed by atoms with Gasteiger partial charge in [0.05, 0.1) is 31.9 Å². The summed E-state index contributed by atoms with van der Waals surface area (Å²) in [5.74, 6) is -1.48. The van der Waals surface area contributed by atoms with Crippen LogP contribution in [0.4, 0.5) is 11.4 Å². The molecule has 234 valence electrons. The maximum Gasteiger partial charge on any atom is 0.274 e. The van der Waals surface area contributed by atoms with E-state index in [0.717, 1.165) is 0 Å². The molecule has 1 saturated heterocycles. The van der Waals surface area contributed by atoms with Crippen molar-refractivity contribution in [2.75, 3.05) is 44.4 Å². The number of aryl methyl sites for hydroxylation is 1. The number of nitrogens with one attached hydrogen (secondary N) is 4. The Hall–Kier alpha value is -3.75. The number of anilines is 2. The van der Waals surface area contributed by atoms with Crippen molar-refractivity contribution in [1.29, 1.82) is 0 Å². The molecule has 0 saturated carbocycles. The molecule has 1 aliphatic heterocycles. The van der Waals surface area contributed by atoms with E-state index in [1.807, 2.05) is 19.0 Å². The van der Waals surface area contributed by atoms with Crippen molar-refractivity contribution in [2.45, 2.75) is 30.7 Å². The van der Waals surface area contributed by atoms with Crippen LogP contribution in [0.15, 0.2) is 59.5 Å². The SMILES string of the molecule is Cc1[nH]nc(C(=O)NC2CCN(S(=O)(=O)c3cccc(NC(=O)C=CCN(C)C)c3)CC2)c1NC(=O)c1c(Cl)cccc1Cl. The monoisotopic (exact) mass is 661 g/mol. The highest BCUT2D eigenvalue weighted by Gasteiger charge is 2.31. The van der Waals surface area contributed by atoms with Gasteiger partial charge in [-0.3, -0.25) is 19.5 Å². The molecule has 4 rings (SSSR count). The van der Waals surface area contributed by atoms with Gasteiger partial charge >= 0.3 is 0 Å². The number of halogens is 2. The van der Waals surface area contributed by atoms with Gasteiger partial charge in [0.2, 0.25) is 15.9 Å². The van der Waals surface area contributed by atoms with Gasteiger partial charge in [0, 0.05) is 37.4 Å². The number of sulfonamides is 1. The van der Waals surface area contributed by atoms with Crippen LogP contribution in [-0.4, -0.2) is 85.3 Å². The van der Waals surface area contributed by atoms with E-state index in [4.69, 9.17) is 23.2 Å². The predicted octanol–water partition coefficient (Wildman–Crippen LogP) is 3.92. The van der Waals surface area contributed by atoms with E-state index < -0.39 is 21.8 Å². The van der Waals surface area contributed by atoms with Gasteiger partial charge in [-0.2, -0.15) is 9.40 Å². The summed E-state index contributed by atoms with van der Waals surface area (Å²) in [5.41, 5.74) is 1.05. The number of hydrogen-bond donors (Lipinski definition) is 4. The van der Waals surface area contributed by atoms with Crippen LogP contribution in [0.25, 0.3) is 0 Å². The zero-order chi connectivity index (χ0) is 32.0. The van der Waals surface area contributed by atoms with E-state index in [1.165, 1.54) is 34.6 Å². The third-order valence-electron chi connectivity index (χ3n) is 6.86. The number of nitrogens with zero attached hydrogens (tertiary/aromatic N) is 3. The van der Waals surface area contributed by atoms with Crippen LogP contribution in [0.2, 0.25) is 10.0 Å². The van der Waals surface area contributed by atoms with Crippen molar-refractivity contribution in [3.8, 4) is 0 Å². The largest absolute Gasteiger partial charge is 0.348 e. The third kappa shape index (κ3) is 8.04. The van der Waals surface area contributed by atoms with Crippen molar-refractivity contribution >= 4 is 62.3 Å². The van der Waals surface area contributed by atoms with Gasteiger partial charge in [0.15, 0.2) is 5.69 Å². The predicted molar refractivity (Wildman–Crippen MR) is 170 cm³/mol. The quantitative estimate of drug-likeness (QED) is 0.240. The maximum atomic E-state index is 13.4. The van der Waals surface area contributed by atoms with Crippen LogP contribution in [0.5, 0.6) is 0 Å². The molecule has 3 amide bonds. The minimum Gasteiger partial charge on any atom is -0.348 e. The molecule has 15 heteroatoms. The molecule has 0 radical (unpaired) electrons. The highest BCUT2D eigenvalue weighted by atomic mass is 35.5. The van der Waals surface area contributed by atoms with E-state index in [1.54, 1.807) is 31.2 Å². The van der Waals surface area contributed by atoms with E-state index >= 15 is 0 Å². The molecule has 44 heavy (non-hydrogen) atoms. The third-order valence-corrected chi connectivity index (χ3v) is 9.38. The number of amides is 3. The van der Waals surface area contributed by atoms with Gasteiger partial charge in [0.1, 0.15) is 0 Å². The summed E-state index contributed by atoms with van der Waals surface area (Å²) >= 11 is 12.3. The summed E-state index contributed by atoms with van der Waals surface area (Å²) in [6.07, 6.45) is 3.83. The summed E-state index contributed by atoms with van der Waals surface area (Å²) < 4.78 is 28.1. The van der Waals surface area contributed by atoms with Crippen molar-refractivity contribution in [3.05, 3.63) is 81.6 Å². The fourth-order valence-corrected chi connectivity index (χ4v) is 6.65. The fourth-order valence-electron chi connectivity index (χ4n) is 4.57. The number of carbonyl (C=O) groups excluding carboxylic acids is 3. The number of carbonyl (C=O) groups is 3. The van der Waals surface area contributed by atoms with Crippen molar-refractivity contribution < 1.29 is 22.8 Å². The second-order valence-corrected chi connectivity index (χ2v) is 13.2. The molecule has 1 aliphatic rings. The smallest absolute Gasteiger partial charge is 0.274 e. The fraction of sp³-hybridized carbons (Fsp3) is 0.310. The van der Waals surface area contributed by atoms with Gasteiger partial charge in [-0.1, -0.05) is 41.4 Å². The van der Waals surface area contributed by atoms with Gasteiger partial charge in [0.25, 0.3) is 11.8 Å². The number of aromatic nitrogens is 2. The lowest BCUT2D eigenvalue weighted by atomic mass is 10.1. The Labute approximate surface area is 265 Å². The van der Waals surface area contributed by atoms with E-state index in [0.29, 0.717) is 30.8 Å². The molecule has 2 heterocycles. The van der Waals surface area contributed by atoms with Crippen LogP contribution in [0.3, 0.4) is 0 Å². The molecule has 3 aromatic rings. The van der Waals surface area contributed by atoms with Crippen molar-refractivity contribution in [3.63, 3.8) is 0 Å². The van der Waals surface area contributed by atoms with Crippen LogP contribution in [0, 0.1) is 6.92 Å². The Kier molecular flexibility index (Phi) is 10.8. The average Bonchev–Trinajstić information content (AvgIpc) is 3.33. The minimum absolute atomic E-state index is 0.0236. The van der Waals surface area contributed by atoms with Crippen molar-refractivity contribution in [1.82, 2.24) is 24.7 Å². The number of likely N-dealkylation sites (N-methyl/N-ethyl adjacent to an activating group) is 1. The van der Waals surface area contributed by atoms with Crippen LogP contribution < -0.4 is 16.0 Å². The summed E-state index contributed by atoms with van der Waals surface area (Å²) in [6.45, 7) is 2.59. The number of hydrogen-bond acceptors (Lipinski definition) is 7. The topological polar surface area (TPSA) is 157 Å². The lowest BCUT2D eigenvalue weighted by Crippen LogP contribution is -2.46. The Morgan fingerprint density at radius 3 is 2.36 bits per heavy atom. The Balaban J connectivity index is 1.36. The standard InChI is InChI=1S/C29H33Cl2N7O5S/c1-18-26(34-28(40)25-22(30)9-5-10-23(25)31)27(36-35-18)29(41)33-19-12-15-38(16-13-19)44(42,43)21-8-4-7-20(17-21)32-24(39)11-6-14-37(2)3/h4-11,17,19H,12-16H2,1-3H3,(H,32,39)(H,33,41)(H,34,40)(H,35,36). The van der Waals surface area contributed by atoms with Gasteiger partial charge in [-0.25, -0.2) is 8.42 Å². The van der Waals surface area contributed by atoms with Crippen LogP contribution in [0.1, 0.15) is 39.4 Å². The zero-order valence-corrected chi connectivity index (χ0v) is 26.7. The highest BCUT2D eigenvalue weighted by molar-refractivity contribution is 7.89. The Morgan fingerprint density at radius 2 is 1.70 bits per heavy atom. The van der Waals surface area contributed by atoms with Crippen LogP contribution >= 0.6 is 23.2 Å². The van der Waals surface area contributed by atoms with E-state index in [2.05, 4.69) is 26.1 Å². The highest BCUT2D eigenvalue weighted by Crippen LogP contribution is 2.27. The molecule has 12 nitrogen and oxygen atoms in total. The number of H-pyrrole nitrogens is 1. The number of piperidine rings is 1. The molecule has 1 aromatic heterocycles. The maximum absolute atomic E-state index is 13.4. The normalized spacial score (nSPS) is 14.6. The molecular weight excluding hydrogens is 629 g/mol. The summed E-state index contributed by atoms with van der Waals surface area (Å²) in [4.78, 5) is 40.2. The molecule has 0 unspecified atom stereocenters. The van der Waals surface area contributed by atoms with Gasteiger partial charge in [-0.15, -0.1) is 0 Å². The van der Waals surface area contributed by atoms with E-state index in [-0.39, 0.29) is 56.9 Å². The molecule has 4 N–H and O–H groups in total. The molecular formula is C29H33Cl2N7O5S. The molecule has 0 atom stereocenters. The first-order valence-corrected chi connectivity index (χ1v) is 15.9. The first-order chi connectivity index (χ1) is 20.9. The summed E-state index contributed by atoms with van der Waals surface area (Å²) in [5, 5.41) is 15.3. The van der Waals surface area contributed by atoms with Crippen LogP contribution in [-0.2, 0) is 14.8 Å². The Bertz CT molecular complexity index is 1660. The van der Waals surface area contributed by atoms with Gasteiger partial charge < -0.3 is 20.9 Å². The lowest BCUT2D eigenvalue weighted by Gasteiger charge is -2.31. The number of rotatable bonds is 10. The number of aromatic amines is 1. The Morgan fingerprint density at radius 1 is 1.05 bits per heavy atom. The molecule has 0 aliphatic carbocycles.